The Morgan fingerprint density at radius 2 is 1.81 bits per heavy atom. The number of likely N-dealkylation sites (tertiary alicyclic amines) is 1. The van der Waals surface area contributed by atoms with Crippen LogP contribution in [0.1, 0.15) is 61.3 Å². The highest BCUT2D eigenvalue weighted by atomic mass is 16.6. The minimum atomic E-state index is -0.831. The van der Waals surface area contributed by atoms with Crippen LogP contribution < -0.4 is 5.32 Å². The van der Waals surface area contributed by atoms with Crippen LogP contribution in [0.2, 0.25) is 0 Å². The van der Waals surface area contributed by atoms with Crippen LogP contribution in [0.25, 0.3) is 0 Å². The summed E-state index contributed by atoms with van der Waals surface area (Å²) in [6.07, 6.45) is 1.72. The Morgan fingerprint density at radius 3 is 2.29 bits per heavy atom. The van der Waals surface area contributed by atoms with Gasteiger partial charge in [-0.05, 0) is 61.3 Å². The van der Waals surface area contributed by atoms with E-state index in [9.17, 15) is 9.90 Å². The van der Waals surface area contributed by atoms with E-state index in [-0.39, 0.29) is 12.1 Å². The molecule has 1 rings (SSSR count). The normalized spacial score (nSPS) is 20.8. The highest BCUT2D eigenvalue weighted by Crippen LogP contribution is 2.24. The molecule has 1 aliphatic heterocycles. The fraction of sp³-hybridized carbons (Fsp3) is 0.938. The van der Waals surface area contributed by atoms with E-state index in [0.717, 1.165) is 19.4 Å². The predicted molar refractivity (Wildman–Crippen MR) is 84.3 cm³/mol. The summed E-state index contributed by atoms with van der Waals surface area (Å²) in [4.78, 5) is 14.0. The maximum absolute atomic E-state index is 12.2. The highest BCUT2D eigenvalue weighted by molar-refractivity contribution is 5.69. The van der Waals surface area contributed by atoms with E-state index in [1.165, 1.54) is 0 Å². The fourth-order valence-corrected chi connectivity index (χ4v) is 2.20. The largest absolute Gasteiger partial charge is 0.444 e. The number of nitrogens with one attached hydrogen (secondary N) is 1. The second-order valence-corrected chi connectivity index (χ2v) is 8.03. The number of ether oxygens (including phenoxy) is 1. The van der Waals surface area contributed by atoms with Crippen LogP contribution in [-0.2, 0) is 4.74 Å². The molecule has 21 heavy (non-hydrogen) atoms. The van der Waals surface area contributed by atoms with Crippen molar-refractivity contribution in [3.8, 4) is 0 Å². The zero-order valence-corrected chi connectivity index (χ0v) is 14.6. The van der Waals surface area contributed by atoms with Crippen molar-refractivity contribution >= 4 is 6.09 Å². The van der Waals surface area contributed by atoms with Gasteiger partial charge in [0.25, 0.3) is 0 Å². The minimum Gasteiger partial charge on any atom is -0.444 e. The lowest BCUT2D eigenvalue weighted by Crippen LogP contribution is -2.58. The summed E-state index contributed by atoms with van der Waals surface area (Å²) in [7, 11) is 0. The molecule has 0 saturated carbocycles. The smallest absolute Gasteiger partial charge is 0.410 e. The number of rotatable bonds is 4. The molecule has 0 spiro atoms. The summed E-state index contributed by atoms with van der Waals surface area (Å²) >= 11 is 0. The molecule has 1 amide bonds. The first-order valence-electron chi connectivity index (χ1n) is 7.80. The Hall–Kier alpha value is -0.810. The van der Waals surface area contributed by atoms with Crippen molar-refractivity contribution in [2.75, 3.05) is 13.1 Å². The standard InChI is InChI=1S/C16H32N2O3/c1-14(2,3)21-13(19)18-10-8-9-12(18)11-17-15(4,5)16(6,7)20/h12,17,20H,8-11H2,1-7H3. The lowest BCUT2D eigenvalue weighted by molar-refractivity contribution is -0.00857. The first-order chi connectivity index (χ1) is 9.33. The number of carbonyl (C=O) groups is 1. The number of nitrogens with zero attached hydrogens (tertiary/aromatic N) is 1. The zero-order valence-electron chi connectivity index (χ0n) is 14.6. The van der Waals surface area contributed by atoms with Gasteiger partial charge in [-0.25, -0.2) is 4.79 Å². The Balaban J connectivity index is 2.61. The van der Waals surface area contributed by atoms with Crippen molar-refractivity contribution in [3.05, 3.63) is 0 Å². The molecule has 5 heteroatoms. The molecule has 5 nitrogen and oxygen atoms in total. The van der Waals surface area contributed by atoms with Crippen LogP contribution >= 0.6 is 0 Å². The minimum absolute atomic E-state index is 0.126. The summed E-state index contributed by atoms with van der Waals surface area (Å²) in [5.74, 6) is 0. The van der Waals surface area contributed by atoms with E-state index >= 15 is 0 Å². The molecule has 0 aromatic heterocycles. The monoisotopic (exact) mass is 300 g/mol. The molecule has 2 N–H and O–H groups in total. The summed E-state index contributed by atoms with van der Waals surface area (Å²) in [5.41, 5.74) is -1.72. The van der Waals surface area contributed by atoms with E-state index < -0.39 is 16.7 Å². The van der Waals surface area contributed by atoms with E-state index in [2.05, 4.69) is 5.32 Å². The topological polar surface area (TPSA) is 61.8 Å². The molecule has 0 aliphatic carbocycles. The maximum atomic E-state index is 12.2. The number of hydrogen-bond acceptors (Lipinski definition) is 4. The van der Waals surface area contributed by atoms with Crippen molar-refractivity contribution in [1.29, 1.82) is 0 Å². The highest BCUT2D eigenvalue weighted by Gasteiger charge is 2.37. The van der Waals surface area contributed by atoms with Crippen LogP contribution in [-0.4, -0.2) is 52.0 Å². The molecule has 1 aliphatic rings. The summed E-state index contributed by atoms with van der Waals surface area (Å²) in [6.45, 7) is 14.6. The second-order valence-electron chi connectivity index (χ2n) is 8.03. The molecular formula is C16H32N2O3. The third-order valence-corrected chi connectivity index (χ3v) is 4.31. The first-order valence-corrected chi connectivity index (χ1v) is 7.80. The van der Waals surface area contributed by atoms with Gasteiger partial charge in [-0.1, -0.05) is 0 Å². The van der Waals surface area contributed by atoms with E-state index in [1.54, 1.807) is 18.7 Å². The summed E-state index contributed by atoms with van der Waals surface area (Å²) in [6, 6.07) is 0.126. The Labute approximate surface area is 129 Å². The number of aliphatic hydroxyl groups is 1. The van der Waals surface area contributed by atoms with Crippen molar-refractivity contribution < 1.29 is 14.6 Å². The number of amides is 1. The van der Waals surface area contributed by atoms with E-state index in [4.69, 9.17) is 4.74 Å². The van der Waals surface area contributed by atoms with E-state index in [1.807, 2.05) is 34.6 Å². The molecule has 1 unspecified atom stereocenters. The van der Waals surface area contributed by atoms with Crippen LogP contribution in [0, 0.1) is 0 Å². The Kier molecular flexibility index (Phi) is 5.32. The van der Waals surface area contributed by atoms with Crippen LogP contribution in [0.4, 0.5) is 4.79 Å². The van der Waals surface area contributed by atoms with E-state index in [0.29, 0.717) is 6.54 Å². The lowest BCUT2D eigenvalue weighted by Gasteiger charge is -2.40. The van der Waals surface area contributed by atoms with Crippen LogP contribution in [0.15, 0.2) is 0 Å². The number of carbonyl (C=O) groups excluding carboxylic acids is 1. The Bertz CT molecular complexity index is 367. The molecule has 1 saturated heterocycles. The molecule has 124 valence electrons. The van der Waals surface area contributed by atoms with Crippen molar-refractivity contribution in [3.63, 3.8) is 0 Å². The quantitative estimate of drug-likeness (QED) is 0.837. The van der Waals surface area contributed by atoms with Crippen molar-refractivity contribution in [1.82, 2.24) is 10.2 Å². The van der Waals surface area contributed by atoms with Crippen molar-refractivity contribution in [2.24, 2.45) is 0 Å². The molecular weight excluding hydrogens is 268 g/mol. The average molecular weight is 300 g/mol. The van der Waals surface area contributed by atoms with Crippen LogP contribution in [0.5, 0.6) is 0 Å². The molecule has 0 aromatic carbocycles. The van der Waals surface area contributed by atoms with Gasteiger partial charge in [0.15, 0.2) is 0 Å². The van der Waals surface area contributed by atoms with Gasteiger partial charge in [-0.2, -0.15) is 0 Å². The summed E-state index contributed by atoms with van der Waals surface area (Å²) in [5, 5.41) is 13.6. The molecule has 0 bridgehead atoms. The van der Waals surface area contributed by atoms with Gasteiger partial charge in [-0.15, -0.1) is 0 Å². The first kappa shape index (κ1) is 18.2. The number of hydrogen-bond donors (Lipinski definition) is 2. The van der Waals surface area contributed by atoms with Crippen LogP contribution in [0.3, 0.4) is 0 Å². The predicted octanol–water partition coefficient (Wildman–Crippen LogP) is 2.53. The van der Waals surface area contributed by atoms with Gasteiger partial charge < -0.3 is 20.1 Å². The molecule has 1 atom stereocenters. The average Bonchev–Trinajstić information content (AvgIpc) is 2.70. The molecule has 0 aromatic rings. The maximum Gasteiger partial charge on any atom is 0.410 e. The third kappa shape index (κ3) is 5.15. The van der Waals surface area contributed by atoms with Crippen molar-refractivity contribution in [2.45, 2.75) is 84.1 Å². The van der Waals surface area contributed by atoms with Gasteiger partial charge >= 0.3 is 6.09 Å². The van der Waals surface area contributed by atoms with Gasteiger partial charge in [0, 0.05) is 24.7 Å². The second kappa shape index (κ2) is 6.13. The SMILES string of the molecule is CC(C)(C)OC(=O)N1CCCC1CNC(C)(C)C(C)(C)O. The van der Waals surface area contributed by atoms with Gasteiger partial charge in [0.2, 0.25) is 0 Å². The third-order valence-electron chi connectivity index (χ3n) is 4.31. The zero-order chi connectivity index (χ0) is 16.5. The van der Waals surface area contributed by atoms with Gasteiger partial charge in [0.1, 0.15) is 5.60 Å². The molecule has 1 fully saturated rings. The summed E-state index contributed by atoms with van der Waals surface area (Å²) < 4.78 is 5.46. The Morgan fingerprint density at radius 1 is 1.24 bits per heavy atom. The molecule has 1 heterocycles. The fourth-order valence-electron chi connectivity index (χ4n) is 2.20. The van der Waals surface area contributed by atoms with Gasteiger partial charge in [-0.3, -0.25) is 0 Å². The van der Waals surface area contributed by atoms with Gasteiger partial charge in [0.05, 0.1) is 5.60 Å². The molecule has 0 radical (unpaired) electrons. The lowest BCUT2D eigenvalue weighted by atomic mass is 9.86.